The highest BCUT2D eigenvalue weighted by Crippen LogP contribution is 2.54. The minimum atomic E-state index is -6.64. The molecule has 0 aromatic heterocycles. The lowest BCUT2D eigenvalue weighted by Crippen LogP contribution is -2.50. The molecule has 0 aliphatic rings. The van der Waals surface area contributed by atoms with Crippen LogP contribution in [-0.2, 0) is 11.8 Å². The maximum absolute atomic E-state index is 14.2. The van der Waals surface area contributed by atoms with E-state index < -0.39 is 64.4 Å². The SMILES string of the molecule is CNc1cccc(C(=O)Nc2ccc(C(F)(C(F)(F)F)C(F)(F)F)cc2C(F)(F)F)c1F. The Labute approximate surface area is 172 Å². The Hall–Kier alpha value is -3.06. The second kappa shape index (κ2) is 8.13. The van der Waals surface area contributed by atoms with E-state index in [4.69, 9.17) is 0 Å². The van der Waals surface area contributed by atoms with Gasteiger partial charge >= 0.3 is 24.2 Å². The normalized spacial score (nSPS) is 13.1. The zero-order valence-corrected chi connectivity index (χ0v) is 15.5. The smallest absolute Gasteiger partial charge is 0.386 e. The third-order valence-electron chi connectivity index (χ3n) is 4.26. The summed E-state index contributed by atoms with van der Waals surface area (Å²) in [4.78, 5) is 12.2. The average Bonchev–Trinajstić information content (AvgIpc) is 2.65. The van der Waals surface area contributed by atoms with Crippen LogP contribution in [0.3, 0.4) is 0 Å². The summed E-state index contributed by atoms with van der Waals surface area (Å²) in [5.74, 6) is -2.68. The van der Waals surface area contributed by atoms with Crippen LogP contribution in [0.2, 0.25) is 0 Å². The van der Waals surface area contributed by atoms with Crippen LogP contribution in [0.15, 0.2) is 36.4 Å². The molecule has 0 fully saturated rings. The molecule has 1 amide bonds. The highest BCUT2D eigenvalue weighted by molar-refractivity contribution is 6.05. The first kappa shape index (κ1) is 25.2. The standard InChI is InChI=1S/C18H11F11N2O/c1-30-12-4-2-3-9(13(12)19)14(32)31-11-6-5-8(7-10(11)16(21,22)23)15(20,17(24,25)26)18(27,28)29/h2-7,30H,1H3,(H,31,32). The van der Waals surface area contributed by atoms with Crippen LogP contribution >= 0.6 is 0 Å². The molecule has 0 saturated carbocycles. The van der Waals surface area contributed by atoms with Crippen LogP contribution in [-0.4, -0.2) is 25.3 Å². The van der Waals surface area contributed by atoms with Crippen LogP contribution in [0.4, 0.5) is 59.7 Å². The van der Waals surface area contributed by atoms with E-state index in [0.29, 0.717) is 0 Å². The van der Waals surface area contributed by atoms with Gasteiger partial charge in [-0.15, -0.1) is 0 Å². The Bertz CT molecular complexity index is 995. The van der Waals surface area contributed by atoms with Crippen LogP contribution in [0.5, 0.6) is 0 Å². The monoisotopic (exact) mass is 480 g/mol. The fourth-order valence-electron chi connectivity index (χ4n) is 2.68. The second-order valence-electron chi connectivity index (χ2n) is 6.28. The fraction of sp³-hybridized carbons (Fsp3) is 0.278. The van der Waals surface area contributed by atoms with Gasteiger partial charge in [0.25, 0.3) is 5.91 Å². The van der Waals surface area contributed by atoms with Gasteiger partial charge in [-0.3, -0.25) is 4.79 Å². The number of carbonyl (C=O) groups is 1. The predicted molar refractivity (Wildman–Crippen MR) is 90.2 cm³/mol. The molecule has 0 saturated heterocycles. The first-order chi connectivity index (χ1) is 14.4. The molecule has 14 heteroatoms. The first-order valence-electron chi connectivity index (χ1n) is 8.26. The molecule has 3 nitrogen and oxygen atoms in total. The van der Waals surface area contributed by atoms with Crippen molar-refractivity contribution in [2.45, 2.75) is 24.2 Å². The number of alkyl halides is 10. The van der Waals surface area contributed by atoms with Gasteiger partial charge in [0.2, 0.25) is 0 Å². The molecule has 0 radical (unpaired) electrons. The molecule has 2 aromatic rings. The fourth-order valence-corrected chi connectivity index (χ4v) is 2.68. The highest BCUT2D eigenvalue weighted by Gasteiger charge is 2.73. The van der Waals surface area contributed by atoms with E-state index in [1.54, 1.807) is 5.32 Å². The van der Waals surface area contributed by atoms with Gasteiger partial charge in [-0.25, -0.2) is 8.78 Å². The van der Waals surface area contributed by atoms with Crippen molar-refractivity contribution in [2.24, 2.45) is 0 Å². The van der Waals surface area contributed by atoms with E-state index in [9.17, 15) is 53.1 Å². The summed E-state index contributed by atoms with van der Waals surface area (Å²) < 4.78 is 146. The van der Waals surface area contributed by atoms with Gasteiger partial charge < -0.3 is 10.6 Å². The lowest BCUT2D eigenvalue weighted by atomic mass is 9.92. The number of hydrogen-bond donors (Lipinski definition) is 2. The van der Waals surface area contributed by atoms with Gasteiger partial charge in [-0.05, 0) is 24.3 Å². The van der Waals surface area contributed by atoms with E-state index in [1.807, 2.05) is 0 Å². The molecule has 0 atom stereocenters. The summed E-state index contributed by atoms with van der Waals surface area (Å²) in [6.45, 7) is 0. The van der Waals surface area contributed by atoms with Crippen molar-refractivity contribution in [3.05, 3.63) is 58.9 Å². The number of amides is 1. The van der Waals surface area contributed by atoms with Gasteiger partial charge in [0.15, 0.2) is 5.82 Å². The summed E-state index contributed by atoms with van der Waals surface area (Å²) in [7, 11) is 1.27. The van der Waals surface area contributed by atoms with Gasteiger partial charge in [-0.2, -0.15) is 39.5 Å². The Morgan fingerprint density at radius 1 is 0.812 bits per heavy atom. The van der Waals surface area contributed by atoms with Crippen molar-refractivity contribution in [2.75, 3.05) is 17.7 Å². The van der Waals surface area contributed by atoms with Crippen molar-refractivity contribution >= 4 is 17.3 Å². The minimum Gasteiger partial charge on any atom is -0.386 e. The minimum absolute atomic E-state index is 0.0156. The molecule has 0 bridgehead atoms. The highest BCUT2D eigenvalue weighted by atomic mass is 19.4. The van der Waals surface area contributed by atoms with Crippen LogP contribution in [0.1, 0.15) is 21.5 Å². The number of rotatable bonds is 4. The van der Waals surface area contributed by atoms with Crippen molar-refractivity contribution in [3.63, 3.8) is 0 Å². The molecular weight excluding hydrogens is 469 g/mol. The Morgan fingerprint density at radius 2 is 1.38 bits per heavy atom. The van der Waals surface area contributed by atoms with E-state index in [2.05, 4.69) is 5.32 Å². The van der Waals surface area contributed by atoms with Crippen molar-refractivity contribution in [1.29, 1.82) is 0 Å². The maximum atomic E-state index is 14.2. The summed E-state index contributed by atoms with van der Waals surface area (Å²) in [6.07, 6.45) is -18.9. The number of carbonyl (C=O) groups excluding carboxylic acids is 1. The summed E-state index contributed by atoms with van der Waals surface area (Å²) >= 11 is 0. The molecule has 0 unspecified atom stereocenters. The number of hydrogen-bond acceptors (Lipinski definition) is 2. The summed E-state index contributed by atoms with van der Waals surface area (Å²) in [5.41, 5.74) is -13.0. The van der Waals surface area contributed by atoms with Gasteiger partial charge in [0.05, 0.1) is 22.5 Å². The average molecular weight is 480 g/mol. The van der Waals surface area contributed by atoms with Crippen LogP contribution in [0.25, 0.3) is 0 Å². The number of anilines is 2. The molecule has 32 heavy (non-hydrogen) atoms. The van der Waals surface area contributed by atoms with Gasteiger partial charge in [0, 0.05) is 12.6 Å². The zero-order valence-electron chi connectivity index (χ0n) is 15.5. The molecule has 2 aromatic carbocycles. The van der Waals surface area contributed by atoms with Gasteiger partial charge in [0.1, 0.15) is 0 Å². The molecule has 0 spiro atoms. The predicted octanol–water partition coefficient (Wildman–Crippen LogP) is 6.43. The number of nitrogens with one attached hydrogen (secondary N) is 2. The molecule has 0 aliphatic heterocycles. The third-order valence-corrected chi connectivity index (χ3v) is 4.26. The molecule has 176 valence electrons. The quantitative estimate of drug-likeness (QED) is 0.496. The third kappa shape index (κ3) is 4.43. The van der Waals surface area contributed by atoms with Crippen molar-refractivity contribution in [1.82, 2.24) is 0 Å². The number of halogens is 11. The maximum Gasteiger partial charge on any atom is 0.435 e. The summed E-state index contributed by atoms with van der Waals surface area (Å²) in [6, 6.07) is 2.30. The topological polar surface area (TPSA) is 41.1 Å². The first-order valence-corrected chi connectivity index (χ1v) is 8.26. The van der Waals surface area contributed by atoms with E-state index in [1.165, 1.54) is 13.1 Å². The number of benzene rings is 2. The molecule has 2 N–H and O–H groups in total. The zero-order chi connectivity index (χ0) is 24.7. The van der Waals surface area contributed by atoms with E-state index >= 15 is 0 Å². The molecule has 0 aliphatic carbocycles. The van der Waals surface area contributed by atoms with Crippen molar-refractivity contribution < 1.29 is 53.1 Å². The van der Waals surface area contributed by atoms with E-state index in [0.717, 1.165) is 12.1 Å². The van der Waals surface area contributed by atoms with Gasteiger partial charge in [-0.1, -0.05) is 12.1 Å². The second-order valence-corrected chi connectivity index (χ2v) is 6.28. The van der Waals surface area contributed by atoms with E-state index in [-0.39, 0.29) is 17.8 Å². The Kier molecular flexibility index (Phi) is 6.40. The van der Waals surface area contributed by atoms with Crippen molar-refractivity contribution in [3.8, 4) is 0 Å². The Morgan fingerprint density at radius 3 is 1.84 bits per heavy atom. The summed E-state index contributed by atoms with van der Waals surface area (Å²) in [5, 5.41) is 3.92. The molecule has 0 heterocycles. The Balaban J connectivity index is 2.61. The molecular formula is C18H11F11N2O. The molecule has 2 rings (SSSR count). The largest absolute Gasteiger partial charge is 0.435 e. The van der Waals surface area contributed by atoms with Crippen LogP contribution in [0, 0.1) is 5.82 Å². The lowest BCUT2D eigenvalue weighted by Gasteiger charge is -2.31. The van der Waals surface area contributed by atoms with Crippen LogP contribution < -0.4 is 10.6 Å². The lowest BCUT2D eigenvalue weighted by molar-refractivity contribution is -0.348.